The minimum atomic E-state index is -0.991. The summed E-state index contributed by atoms with van der Waals surface area (Å²) in [6.45, 7) is 0. The van der Waals surface area contributed by atoms with Gasteiger partial charge in [0.2, 0.25) is 11.6 Å². The molecule has 1 unspecified atom stereocenters. The molecule has 2 aromatic carbocycles. The molecule has 0 spiro atoms. The monoisotopic (exact) mass is 254 g/mol. The van der Waals surface area contributed by atoms with Crippen molar-refractivity contribution in [3.05, 3.63) is 59.7 Å². The van der Waals surface area contributed by atoms with Gasteiger partial charge >= 0.3 is 0 Å². The number of phenolic OH excluding ortho intramolecular Hbond substituents is 1. The average Bonchev–Trinajstić information content (AvgIpc) is 2.43. The highest BCUT2D eigenvalue weighted by atomic mass is 16.5. The first-order valence-corrected chi connectivity index (χ1v) is 5.80. The predicted molar refractivity (Wildman–Crippen MR) is 67.3 cm³/mol. The van der Waals surface area contributed by atoms with Crippen LogP contribution in [0, 0.1) is 0 Å². The minimum Gasteiger partial charge on any atom is -0.508 e. The Kier molecular flexibility index (Phi) is 2.56. The Morgan fingerprint density at radius 2 is 1.79 bits per heavy atom. The standard InChI is InChI=1S/C15H10O4/c16-10-5-3-4-9(8-10)15-14(18)13(17)11-6-1-2-7-12(11)19-15/h1-8,15-16H. The number of hydrogen-bond donors (Lipinski definition) is 1. The van der Waals surface area contributed by atoms with E-state index in [1.165, 1.54) is 12.1 Å². The third-order valence-electron chi connectivity index (χ3n) is 3.01. The van der Waals surface area contributed by atoms with Gasteiger partial charge in [0.05, 0.1) is 5.56 Å². The fourth-order valence-electron chi connectivity index (χ4n) is 2.10. The summed E-state index contributed by atoms with van der Waals surface area (Å²) < 4.78 is 5.57. The van der Waals surface area contributed by atoms with Gasteiger partial charge in [-0.15, -0.1) is 0 Å². The van der Waals surface area contributed by atoms with Crippen molar-refractivity contribution in [2.45, 2.75) is 6.10 Å². The van der Waals surface area contributed by atoms with E-state index < -0.39 is 17.7 Å². The van der Waals surface area contributed by atoms with Crippen LogP contribution in [0.4, 0.5) is 0 Å². The number of hydrogen-bond acceptors (Lipinski definition) is 4. The van der Waals surface area contributed by atoms with Crippen LogP contribution in [0.3, 0.4) is 0 Å². The smallest absolute Gasteiger partial charge is 0.248 e. The van der Waals surface area contributed by atoms with Crippen molar-refractivity contribution in [1.82, 2.24) is 0 Å². The van der Waals surface area contributed by atoms with Crippen LogP contribution in [0.5, 0.6) is 11.5 Å². The van der Waals surface area contributed by atoms with E-state index >= 15 is 0 Å². The Labute approximate surface area is 109 Å². The highest BCUT2D eigenvalue weighted by Crippen LogP contribution is 2.33. The summed E-state index contributed by atoms with van der Waals surface area (Å²) >= 11 is 0. The lowest BCUT2D eigenvalue weighted by molar-refractivity contribution is -0.122. The molecule has 1 N–H and O–H groups in total. The van der Waals surface area contributed by atoms with E-state index in [0.717, 1.165) is 0 Å². The molecule has 19 heavy (non-hydrogen) atoms. The van der Waals surface area contributed by atoms with E-state index in [9.17, 15) is 14.7 Å². The molecule has 0 amide bonds. The minimum absolute atomic E-state index is 0.0280. The van der Waals surface area contributed by atoms with Crippen molar-refractivity contribution in [1.29, 1.82) is 0 Å². The number of rotatable bonds is 1. The van der Waals surface area contributed by atoms with E-state index in [4.69, 9.17) is 4.74 Å². The molecule has 1 aliphatic heterocycles. The molecule has 4 heteroatoms. The van der Waals surface area contributed by atoms with Gasteiger partial charge < -0.3 is 9.84 Å². The number of ether oxygens (including phenoxy) is 1. The Bertz CT molecular complexity index is 675. The first-order chi connectivity index (χ1) is 9.16. The molecule has 1 aliphatic rings. The fraction of sp³-hybridized carbons (Fsp3) is 0.0667. The molecular formula is C15H10O4. The lowest BCUT2D eigenvalue weighted by atomic mass is 9.95. The number of aromatic hydroxyl groups is 1. The summed E-state index contributed by atoms with van der Waals surface area (Å²) in [6, 6.07) is 12.8. The first kappa shape index (κ1) is 11.5. The van der Waals surface area contributed by atoms with Crippen LogP contribution in [0.1, 0.15) is 22.0 Å². The number of phenols is 1. The second kappa shape index (κ2) is 4.24. The van der Waals surface area contributed by atoms with Crippen LogP contribution in [0.25, 0.3) is 0 Å². The second-order valence-corrected chi connectivity index (χ2v) is 4.28. The van der Waals surface area contributed by atoms with Crippen molar-refractivity contribution < 1.29 is 19.4 Å². The van der Waals surface area contributed by atoms with E-state index in [-0.39, 0.29) is 11.3 Å². The number of carbonyl (C=O) groups is 2. The van der Waals surface area contributed by atoms with Gasteiger partial charge in [0.1, 0.15) is 11.5 Å². The molecule has 0 aromatic heterocycles. The molecule has 2 aromatic rings. The first-order valence-electron chi connectivity index (χ1n) is 5.80. The molecule has 4 nitrogen and oxygen atoms in total. The van der Waals surface area contributed by atoms with Crippen molar-refractivity contribution in [3.63, 3.8) is 0 Å². The van der Waals surface area contributed by atoms with Crippen LogP contribution in [-0.4, -0.2) is 16.7 Å². The molecule has 0 fully saturated rings. The van der Waals surface area contributed by atoms with Gasteiger partial charge in [-0.3, -0.25) is 9.59 Å². The summed E-state index contributed by atoms with van der Waals surface area (Å²) in [7, 11) is 0. The van der Waals surface area contributed by atoms with Gasteiger partial charge in [-0.25, -0.2) is 0 Å². The molecule has 1 heterocycles. The number of ketones is 2. The summed E-state index contributed by atoms with van der Waals surface area (Å²) in [5.41, 5.74) is 0.747. The molecule has 94 valence electrons. The maximum Gasteiger partial charge on any atom is 0.248 e. The molecule has 0 bridgehead atoms. The number of para-hydroxylation sites is 1. The quantitative estimate of drug-likeness (QED) is 0.793. The van der Waals surface area contributed by atoms with Crippen LogP contribution >= 0.6 is 0 Å². The molecule has 1 atom stereocenters. The predicted octanol–water partition coefficient (Wildman–Crippen LogP) is 2.28. The van der Waals surface area contributed by atoms with Crippen molar-refractivity contribution >= 4 is 11.6 Å². The van der Waals surface area contributed by atoms with Gasteiger partial charge in [-0.05, 0) is 24.3 Å². The van der Waals surface area contributed by atoms with Crippen molar-refractivity contribution in [3.8, 4) is 11.5 Å². The molecule has 0 radical (unpaired) electrons. The molecule has 3 rings (SSSR count). The van der Waals surface area contributed by atoms with E-state index in [1.807, 2.05) is 0 Å². The maximum atomic E-state index is 12.0. The van der Waals surface area contributed by atoms with Crippen LogP contribution in [0.2, 0.25) is 0 Å². The number of Topliss-reactive ketones (excluding diaryl/α,β-unsaturated/α-hetero) is 2. The van der Waals surface area contributed by atoms with Gasteiger partial charge in [0.25, 0.3) is 0 Å². The molecule has 0 aliphatic carbocycles. The third kappa shape index (κ3) is 1.87. The number of carbonyl (C=O) groups excluding carboxylic acids is 2. The van der Waals surface area contributed by atoms with Crippen LogP contribution < -0.4 is 4.74 Å². The highest BCUT2D eigenvalue weighted by molar-refractivity contribution is 6.46. The Balaban J connectivity index is 2.07. The second-order valence-electron chi connectivity index (χ2n) is 4.28. The van der Waals surface area contributed by atoms with Crippen LogP contribution in [0.15, 0.2) is 48.5 Å². The largest absolute Gasteiger partial charge is 0.508 e. The van der Waals surface area contributed by atoms with E-state index in [2.05, 4.69) is 0 Å². The number of fused-ring (bicyclic) bond motifs is 1. The normalized spacial score (nSPS) is 17.8. The Hall–Kier alpha value is -2.62. The highest BCUT2D eigenvalue weighted by Gasteiger charge is 2.36. The van der Waals surface area contributed by atoms with Crippen LogP contribution in [-0.2, 0) is 4.79 Å². The lowest BCUT2D eigenvalue weighted by Crippen LogP contribution is -2.31. The Morgan fingerprint density at radius 1 is 1.00 bits per heavy atom. The summed E-state index contributed by atoms with van der Waals surface area (Å²) in [5.74, 6) is -0.764. The third-order valence-corrected chi connectivity index (χ3v) is 3.01. The molecule has 0 saturated carbocycles. The fourth-order valence-corrected chi connectivity index (χ4v) is 2.10. The van der Waals surface area contributed by atoms with Gasteiger partial charge in [-0.1, -0.05) is 24.3 Å². The average molecular weight is 254 g/mol. The van der Waals surface area contributed by atoms with Gasteiger partial charge in [-0.2, -0.15) is 0 Å². The molecular weight excluding hydrogens is 244 g/mol. The zero-order valence-electron chi connectivity index (χ0n) is 9.87. The van der Waals surface area contributed by atoms with Crippen molar-refractivity contribution in [2.75, 3.05) is 0 Å². The van der Waals surface area contributed by atoms with Gasteiger partial charge in [0, 0.05) is 5.56 Å². The van der Waals surface area contributed by atoms with Gasteiger partial charge in [0.15, 0.2) is 6.10 Å². The molecule has 0 saturated heterocycles. The summed E-state index contributed by atoms with van der Waals surface area (Å²) in [5, 5.41) is 9.44. The van der Waals surface area contributed by atoms with E-state index in [0.29, 0.717) is 11.3 Å². The SMILES string of the molecule is O=C1C(=O)C(c2cccc(O)c2)Oc2ccccc21. The zero-order chi connectivity index (χ0) is 13.4. The summed E-state index contributed by atoms with van der Waals surface area (Å²) in [4.78, 5) is 24.0. The Morgan fingerprint density at radius 3 is 2.58 bits per heavy atom. The zero-order valence-corrected chi connectivity index (χ0v) is 9.87. The lowest BCUT2D eigenvalue weighted by Gasteiger charge is -2.24. The van der Waals surface area contributed by atoms with E-state index in [1.54, 1.807) is 36.4 Å². The maximum absolute atomic E-state index is 12.0. The van der Waals surface area contributed by atoms with Crippen molar-refractivity contribution in [2.24, 2.45) is 0 Å². The topological polar surface area (TPSA) is 63.6 Å². The number of benzene rings is 2. The summed E-state index contributed by atoms with van der Waals surface area (Å²) in [6.07, 6.45) is -0.991.